The molecule has 0 spiro atoms. The molecule has 0 amide bonds. The average molecular weight is 303 g/mol. The highest BCUT2D eigenvalue weighted by molar-refractivity contribution is 6.30. The Morgan fingerprint density at radius 3 is 2.52 bits per heavy atom. The fourth-order valence-electron chi connectivity index (χ4n) is 2.67. The summed E-state index contributed by atoms with van der Waals surface area (Å²) >= 11 is 6.17. The number of hydrogen-bond donors (Lipinski definition) is 0. The number of hydrogen-bond acceptors (Lipinski definition) is 2. The molecule has 2 nitrogen and oxygen atoms in total. The molecule has 0 saturated carbocycles. The number of halogens is 1. The van der Waals surface area contributed by atoms with Gasteiger partial charge >= 0.3 is 0 Å². The van der Waals surface area contributed by atoms with Gasteiger partial charge in [-0.2, -0.15) is 0 Å². The molecular formula is C18H19ClO2. The Morgan fingerprint density at radius 2 is 1.76 bits per heavy atom. The van der Waals surface area contributed by atoms with Crippen LogP contribution in [-0.2, 0) is 11.8 Å². The Kier molecular flexibility index (Phi) is 3.58. The van der Waals surface area contributed by atoms with Crippen LogP contribution in [0.3, 0.4) is 0 Å². The van der Waals surface area contributed by atoms with Crippen LogP contribution in [0.15, 0.2) is 36.4 Å². The van der Waals surface area contributed by atoms with Gasteiger partial charge in [-0.3, -0.25) is 0 Å². The summed E-state index contributed by atoms with van der Waals surface area (Å²) in [6.45, 7) is 6.94. The number of fused-ring (bicyclic) bond motifs is 1. The molecule has 3 heteroatoms. The molecule has 2 aromatic rings. The lowest BCUT2D eigenvalue weighted by Crippen LogP contribution is -2.14. The molecule has 21 heavy (non-hydrogen) atoms. The first-order chi connectivity index (χ1) is 9.93. The van der Waals surface area contributed by atoms with Crippen LogP contribution in [0, 0.1) is 0 Å². The van der Waals surface area contributed by atoms with Crippen molar-refractivity contribution in [2.24, 2.45) is 0 Å². The maximum atomic E-state index is 6.17. The number of ether oxygens (including phenoxy) is 2. The van der Waals surface area contributed by atoms with Gasteiger partial charge in [-0.25, -0.2) is 0 Å². The van der Waals surface area contributed by atoms with Gasteiger partial charge in [0.2, 0.25) is 6.79 Å². The molecule has 0 unspecified atom stereocenters. The zero-order chi connectivity index (χ0) is 15.0. The minimum Gasteiger partial charge on any atom is -0.454 e. The predicted molar refractivity (Wildman–Crippen MR) is 85.5 cm³/mol. The minimum absolute atomic E-state index is 0.0660. The van der Waals surface area contributed by atoms with Gasteiger partial charge in [0.1, 0.15) is 0 Å². The predicted octanol–water partition coefficient (Wildman–Crippen LogP) is 4.96. The van der Waals surface area contributed by atoms with Crippen molar-refractivity contribution < 1.29 is 9.47 Å². The molecule has 110 valence electrons. The monoisotopic (exact) mass is 302 g/mol. The zero-order valence-electron chi connectivity index (χ0n) is 12.6. The maximum absolute atomic E-state index is 6.17. The number of benzene rings is 2. The first-order valence-electron chi connectivity index (χ1n) is 7.11. The van der Waals surface area contributed by atoms with Crippen molar-refractivity contribution in [2.75, 3.05) is 6.79 Å². The van der Waals surface area contributed by atoms with Gasteiger partial charge in [0.15, 0.2) is 11.5 Å². The first-order valence-corrected chi connectivity index (χ1v) is 7.49. The molecule has 0 fully saturated rings. The summed E-state index contributed by atoms with van der Waals surface area (Å²) < 4.78 is 10.8. The van der Waals surface area contributed by atoms with Crippen molar-refractivity contribution in [2.45, 2.75) is 32.6 Å². The lowest BCUT2D eigenvalue weighted by atomic mass is 9.82. The molecule has 0 aliphatic carbocycles. The highest BCUT2D eigenvalue weighted by Gasteiger charge is 2.19. The minimum atomic E-state index is 0.0660. The van der Waals surface area contributed by atoms with Crippen LogP contribution >= 0.6 is 11.6 Å². The van der Waals surface area contributed by atoms with E-state index in [0.29, 0.717) is 6.79 Å². The Balaban J connectivity index is 1.95. The smallest absolute Gasteiger partial charge is 0.231 e. The SMILES string of the molecule is CC(C)(C)c1cc(Cl)ccc1Cc1ccc2c(c1)OCO2. The van der Waals surface area contributed by atoms with Crippen LogP contribution in [0.2, 0.25) is 5.02 Å². The number of rotatable bonds is 2. The van der Waals surface area contributed by atoms with Crippen molar-refractivity contribution in [3.05, 3.63) is 58.1 Å². The zero-order valence-corrected chi connectivity index (χ0v) is 13.3. The quantitative estimate of drug-likeness (QED) is 0.781. The standard InChI is InChI=1S/C18H19ClO2/c1-18(2,3)15-10-14(19)6-5-13(15)8-12-4-7-16-17(9-12)21-11-20-16/h4-7,9-10H,8,11H2,1-3H3. The first kappa shape index (κ1) is 14.3. The van der Waals surface area contributed by atoms with Crippen molar-refractivity contribution in [1.29, 1.82) is 0 Å². The van der Waals surface area contributed by atoms with E-state index in [1.807, 2.05) is 12.1 Å². The highest BCUT2D eigenvalue weighted by Crippen LogP contribution is 2.35. The molecule has 1 aliphatic heterocycles. The van der Waals surface area contributed by atoms with Gasteiger partial charge in [0, 0.05) is 5.02 Å². The van der Waals surface area contributed by atoms with Crippen LogP contribution in [0.5, 0.6) is 11.5 Å². The molecule has 0 aromatic heterocycles. The molecular weight excluding hydrogens is 284 g/mol. The fraction of sp³-hybridized carbons (Fsp3) is 0.333. The Labute approximate surface area is 130 Å². The van der Waals surface area contributed by atoms with Gasteiger partial charge in [-0.15, -0.1) is 0 Å². The lowest BCUT2D eigenvalue weighted by molar-refractivity contribution is 0.174. The molecule has 0 N–H and O–H groups in total. The summed E-state index contributed by atoms with van der Waals surface area (Å²) in [6, 6.07) is 12.3. The second-order valence-electron chi connectivity index (χ2n) is 6.42. The van der Waals surface area contributed by atoms with Gasteiger partial charge in [0.05, 0.1) is 0 Å². The van der Waals surface area contributed by atoms with Crippen LogP contribution < -0.4 is 9.47 Å². The maximum Gasteiger partial charge on any atom is 0.231 e. The third-order valence-electron chi connectivity index (χ3n) is 3.71. The third-order valence-corrected chi connectivity index (χ3v) is 3.95. The van der Waals surface area contributed by atoms with Crippen molar-refractivity contribution in [3.8, 4) is 11.5 Å². The van der Waals surface area contributed by atoms with E-state index >= 15 is 0 Å². The summed E-state index contributed by atoms with van der Waals surface area (Å²) in [6.07, 6.45) is 0.862. The molecule has 3 rings (SSSR count). The summed E-state index contributed by atoms with van der Waals surface area (Å²) in [4.78, 5) is 0. The molecule has 0 atom stereocenters. The van der Waals surface area contributed by atoms with Gasteiger partial charge in [0.25, 0.3) is 0 Å². The second kappa shape index (κ2) is 5.27. The lowest BCUT2D eigenvalue weighted by Gasteiger charge is -2.23. The van der Waals surface area contributed by atoms with Crippen LogP contribution in [0.25, 0.3) is 0 Å². The van der Waals surface area contributed by atoms with E-state index in [1.165, 1.54) is 16.7 Å². The van der Waals surface area contributed by atoms with Crippen LogP contribution in [0.1, 0.15) is 37.5 Å². The van der Waals surface area contributed by atoms with E-state index in [-0.39, 0.29) is 5.41 Å². The highest BCUT2D eigenvalue weighted by atomic mass is 35.5. The van der Waals surface area contributed by atoms with E-state index in [0.717, 1.165) is 22.9 Å². The summed E-state index contributed by atoms with van der Waals surface area (Å²) in [5.74, 6) is 1.66. The van der Waals surface area contributed by atoms with E-state index in [4.69, 9.17) is 21.1 Å². The Hall–Kier alpha value is -1.67. The summed E-state index contributed by atoms with van der Waals surface area (Å²) in [7, 11) is 0. The Bertz CT molecular complexity index is 671. The average Bonchev–Trinajstić information content (AvgIpc) is 2.87. The summed E-state index contributed by atoms with van der Waals surface area (Å²) in [5, 5.41) is 0.786. The van der Waals surface area contributed by atoms with Crippen molar-refractivity contribution >= 4 is 11.6 Å². The Morgan fingerprint density at radius 1 is 1.00 bits per heavy atom. The van der Waals surface area contributed by atoms with E-state index in [9.17, 15) is 0 Å². The van der Waals surface area contributed by atoms with Gasteiger partial charge < -0.3 is 9.47 Å². The topological polar surface area (TPSA) is 18.5 Å². The van der Waals surface area contributed by atoms with Crippen molar-refractivity contribution in [3.63, 3.8) is 0 Å². The van der Waals surface area contributed by atoms with Gasteiger partial charge in [-0.1, -0.05) is 44.5 Å². The summed E-state index contributed by atoms with van der Waals surface area (Å²) in [5.41, 5.74) is 3.86. The fourth-order valence-corrected chi connectivity index (χ4v) is 2.84. The molecule has 0 radical (unpaired) electrons. The van der Waals surface area contributed by atoms with Crippen LogP contribution in [0.4, 0.5) is 0 Å². The largest absolute Gasteiger partial charge is 0.454 e. The van der Waals surface area contributed by atoms with Gasteiger partial charge in [-0.05, 0) is 52.8 Å². The molecule has 1 aliphatic rings. The van der Waals surface area contributed by atoms with Crippen LogP contribution in [-0.4, -0.2) is 6.79 Å². The molecule has 0 saturated heterocycles. The normalized spacial score (nSPS) is 13.5. The molecule has 1 heterocycles. The third kappa shape index (κ3) is 3.01. The van der Waals surface area contributed by atoms with Crippen molar-refractivity contribution in [1.82, 2.24) is 0 Å². The van der Waals surface area contributed by atoms with E-state index in [1.54, 1.807) is 0 Å². The van der Waals surface area contributed by atoms with E-state index in [2.05, 4.69) is 45.0 Å². The second-order valence-corrected chi connectivity index (χ2v) is 6.85. The molecule has 2 aromatic carbocycles. The molecule has 0 bridgehead atoms. The van der Waals surface area contributed by atoms with E-state index < -0.39 is 0 Å².